The number of benzene rings is 2. The van der Waals surface area contributed by atoms with Crippen LogP contribution in [0.2, 0.25) is 0 Å². The molecule has 0 saturated heterocycles. The number of esters is 1. The predicted octanol–water partition coefficient (Wildman–Crippen LogP) is 3.26. The molecule has 7 heteroatoms. The molecule has 2 N–H and O–H groups in total. The Kier molecular flexibility index (Phi) is 6.06. The number of amides is 3. The maximum Gasteiger partial charge on any atom is 0.338 e. The Morgan fingerprint density at radius 3 is 2.38 bits per heavy atom. The number of rotatable bonds is 4. The Bertz CT molecular complexity index is 865. The molecule has 0 atom stereocenters. The van der Waals surface area contributed by atoms with E-state index in [2.05, 4.69) is 10.6 Å². The Hall–Kier alpha value is -3.22. The minimum Gasteiger partial charge on any atom is -0.452 e. The zero-order valence-electron chi connectivity index (χ0n) is 14.7. The SMILES string of the molecule is Cc1ccc(NC(=O)NC(=O)COC(=O)c2ccc(C)c(F)c2)c(C)c1. The third kappa shape index (κ3) is 5.14. The van der Waals surface area contributed by atoms with Gasteiger partial charge in [0.1, 0.15) is 5.82 Å². The van der Waals surface area contributed by atoms with Crippen LogP contribution in [0.3, 0.4) is 0 Å². The van der Waals surface area contributed by atoms with E-state index in [9.17, 15) is 18.8 Å². The largest absolute Gasteiger partial charge is 0.452 e. The van der Waals surface area contributed by atoms with Gasteiger partial charge in [0.15, 0.2) is 6.61 Å². The van der Waals surface area contributed by atoms with Crippen molar-refractivity contribution in [1.82, 2.24) is 5.32 Å². The third-order valence-corrected chi connectivity index (χ3v) is 3.62. The fourth-order valence-electron chi connectivity index (χ4n) is 2.20. The average Bonchev–Trinajstić information content (AvgIpc) is 2.57. The molecule has 0 fully saturated rings. The molecule has 0 aliphatic carbocycles. The van der Waals surface area contributed by atoms with Gasteiger partial charge in [0.05, 0.1) is 5.56 Å². The van der Waals surface area contributed by atoms with Crippen LogP contribution in [0.25, 0.3) is 0 Å². The second kappa shape index (κ2) is 8.24. The van der Waals surface area contributed by atoms with Crippen LogP contribution in [-0.4, -0.2) is 24.5 Å². The molecular formula is C19H19FN2O4. The molecule has 2 aromatic carbocycles. The Morgan fingerprint density at radius 1 is 1.00 bits per heavy atom. The van der Waals surface area contributed by atoms with Crippen molar-refractivity contribution in [2.75, 3.05) is 11.9 Å². The van der Waals surface area contributed by atoms with E-state index in [1.54, 1.807) is 13.0 Å². The van der Waals surface area contributed by atoms with Crippen molar-refractivity contribution >= 4 is 23.6 Å². The third-order valence-electron chi connectivity index (χ3n) is 3.62. The lowest BCUT2D eigenvalue weighted by Gasteiger charge is -2.10. The Morgan fingerprint density at radius 2 is 1.73 bits per heavy atom. The van der Waals surface area contributed by atoms with Crippen LogP contribution >= 0.6 is 0 Å². The van der Waals surface area contributed by atoms with Gasteiger partial charge >= 0.3 is 12.0 Å². The molecule has 0 unspecified atom stereocenters. The van der Waals surface area contributed by atoms with Crippen molar-refractivity contribution in [3.8, 4) is 0 Å². The first kappa shape index (κ1) is 19.1. The van der Waals surface area contributed by atoms with Gasteiger partial charge in [0, 0.05) is 5.69 Å². The first-order valence-electron chi connectivity index (χ1n) is 7.87. The van der Waals surface area contributed by atoms with E-state index >= 15 is 0 Å². The van der Waals surface area contributed by atoms with Crippen molar-refractivity contribution in [3.63, 3.8) is 0 Å². The molecule has 136 valence electrons. The average molecular weight is 358 g/mol. The van der Waals surface area contributed by atoms with Crippen molar-refractivity contribution < 1.29 is 23.5 Å². The summed E-state index contributed by atoms with van der Waals surface area (Å²) in [6, 6.07) is 8.56. The van der Waals surface area contributed by atoms with Gasteiger partial charge in [-0.3, -0.25) is 10.1 Å². The van der Waals surface area contributed by atoms with Gasteiger partial charge in [-0.1, -0.05) is 23.8 Å². The van der Waals surface area contributed by atoms with Gasteiger partial charge in [0.25, 0.3) is 5.91 Å². The van der Waals surface area contributed by atoms with Crippen LogP contribution in [0.5, 0.6) is 0 Å². The van der Waals surface area contributed by atoms with Crippen LogP contribution in [0.15, 0.2) is 36.4 Å². The number of nitrogens with one attached hydrogen (secondary N) is 2. The smallest absolute Gasteiger partial charge is 0.338 e. The van der Waals surface area contributed by atoms with Crippen molar-refractivity contribution in [3.05, 3.63) is 64.5 Å². The minimum atomic E-state index is -0.853. The molecule has 0 bridgehead atoms. The molecular weight excluding hydrogens is 339 g/mol. The van der Waals surface area contributed by atoms with Crippen LogP contribution < -0.4 is 10.6 Å². The normalized spacial score (nSPS) is 10.2. The maximum absolute atomic E-state index is 13.4. The number of imide groups is 1. The summed E-state index contributed by atoms with van der Waals surface area (Å²) in [6.45, 7) is 4.66. The Balaban J connectivity index is 1.85. The number of halogens is 1. The number of hydrogen-bond donors (Lipinski definition) is 2. The minimum absolute atomic E-state index is 0.0133. The summed E-state index contributed by atoms with van der Waals surface area (Å²) in [5.74, 6) is -2.20. The number of anilines is 1. The first-order chi connectivity index (χ1) is 12.3. The van der Waals surface area contributed by atoms with Crippen LogP contribution in [-0.2, 0) is 9.53 Å². The standard InChI is InChI=1S/C19H19FN2O4/c1-11-4-7-16(13(3)8-11)21-19(25)22-17(23)10-26-18(24)14-6-5-12(2)15(20)9-14/h4-9H,10H2,1-3H3,(H2,21,22,23,25). The van der Waals surface area contributed by atoms with E-state index in [1.807, 2.05) is 26.0 Å². The summed E-state index contributed by atoms with van der Waals surface area (Å²) >= 11 is 0. The number of carbonyl (C=O) groups is 3. The summed E-state index contributed by atoms with van der Waals surface area (Å²) in [5.41, 5.74) is 2.83. The lowest BCUT2D eigenvalue weighted by molar-refractivity contribution is -0.123. The molecule has 26 heavy (non-hydrogen) atoms. The van der Waals surface area contributed by atoms with Gasteiger partial charge in [-0.2, -0.15) is 0 Å². The van der Waals surface area contributed by atoms with E-state index in [0.717, 1.165) is 17.2 Å². The molecule has 0 aliphatic rings. The molecule has 0 spiro atoms. The first-order valence-corrected chi connectivity index (χ1v) is 7.87. The molecule has 3 amide bonds. The zero-order valence-corrected chi connectivity index (χ0v) is 14.7. The summed E-state index contributed by atoms with van der Waals surface area (Å²) in [5, 5.41) is 4.60. The van der Waals surface area contributed by atoms with Gasteiger partial charge in [-0.05, 0) is 50.1 Å². The quantitative estimate of drug-likeness (QED) is 0.822. The predicted molar refractivity (Wildman–Crippen MR) is 94.5 cm³/mol. The molecule has 2 aromatic rings. The Labute approximate surface area is 150 Å². The van der Waals surface area contributed by atoms with E-state index in [-0.39, 0.29) is 5.56 Å². The van der Waals surface area contributed by atoms with Crippen LogP contribution in [0, 0.1) is 26.6 Å². The van der Waals surface area contributed by atoms with Gasteiger partial charge in [-0.15, -0.1) is 0 Å². The highest BCUT2D eigenvalue weighted by Gasteiger charge is 2.14. The molecule has 0 saturated carbocycles. The fraction of sp³-hybridized carbons (Fsp3) is 0.211. The molecule has 0 heterocycles. The second-order valence-electron chi connectivity index (χ2n) is 5.86. The molecule has 2 rings (SSSR count). The van der Waals surface area contributed by atoms with Gasteiger partial charge in [-0.25, -0.2) is 14.0 Å². The monoisotopic (exact) mass is 358 g/mol. The number of aryl methyl sites for hydroxylation is 3. The van der Waals surface area contributed by atoms with Crippen LogP contribution in [0.1, 0.15) is 27.0 Å². The number of carbonyl (C=O) groups excluding carboxylic acids is 3. The number of hydrogen-bond acceptors (Lipinski definition) is 4. The summed E-state index contributed by atoms with van der Waals surface area (Å²) < 4.78 is 18.2. The highest BCUT2D eigenvalue weighted by molar-refractivity contribution is 6.02. The topological polar surface area (TPSA) is 84.5 Å². The number of urea groups is 1. The summed E-state index contributed by atoms with van der Waals surface area (Å²) in [6.07, 6.45) is 0. The maximum atomic E-state index is 13.4. The highest BCUT2D eigenvalue weighted by Crippen LogP contribution is 2.15. The van der Waals surface area contributed by atoms with E-state index in [1.165, 1.54) is 12.1 Å². The zero-order chi connectivity index (χ0) is 19.3. The highest BCUT2D eigenvalue weighted by atomic mass is 19.1. The molecule has 6 nitrogen and oxygen atoms in total. The lowest BCUT2D eigenvalue weighted by atomic mass is 10.1. The number of ether oxygens (including phenoxy) is 1. The van der Waals surface area contributed by atoms with Gasteiger partial charge < -0.3 is 10.1 Å². The lowest BCUT2D eigenvalue weighted by Crippen LogP contribution is -2.37. The van der Waals surface area contributed by atoms with Crippen molar-refractivity contribution in [1.29, 1.82) is 0 Å². The van der Waals surface area contributed by atoms with E-state index in [4.69, 9.17) is 4.74 Å². The van der Waals surface area contributed by atoms with Crippen molar-refractivity contribution in [2.24, 2.45) is 0 Å². The fourth-order valence-corrected chi connectivity index (χ4v) is 2.20. The summed E-state index contributed by atoms with van der Waals surface area (Å²) in [4.78, 5) is 35.3. The molecule has 0 aliphatic heterocycles. The molecule has 0 aromatic heterocycles. The second-order valence-corrected chi connectivity index (χ2v) is 5.86. The van der Waals surface area contributed by atoms with E-state index < -0.39 is 30.3 Å². The van der Waals surface area contributed by atoms with Crippen LogP contribution in [0.4, 0.5) is 14.9 Å². The molecule has 0 radical (unpaired) electrons. The van der Waals surface area contributed by atoms with Crippen molar-refractivity contribution in [2.45, 2.75) is 20.8 Å². The van der Waals surface area contributed by atoms with E-state index in [0.29, 0.717) is 11.3 Å². The van der Waals surface area contributed by atoms with Gasteiger partial charge in [0.2, 0.25) is 0 Å². The summed E-state index contributed by atoms with van der Waals surface area (Å²) in [7, 11) is 0.